The van der Waals surface area contributed by atoms with Gasteiger partial charge in [-0.3, -0.25) is 9.67 Å². The highest BCUT2D eigenvalue weighted by atomic mass is 32.1. The molecule has 3 rings (SSSR count). The van der Waals surface area contributed by atoms with Gasteiger partial charge in [0.05, 0.1) is 16.8 Å². The summed E-state index contributed by atoms with van der Waals surface area (Å²) in [6.45, 7) is 1.78. The molecule has 116 valence electrons. The molecule has 0 aliphatic rings. The van der Waals surface area contributed by atoms with Gasteiger partial charge in [0.15, 0.2) is 0 Å². The number of aryl methyl sites for hydroxylation is 1. The Balaban J connectivity index is 2.16. The smallest absolute Gasteiger partial charge is 0.328 e. The first-order valence-electron chi connectivity index (χ1n) is 6.86. The number of carbonyl (C=O) groups is 1. The Morgan fingerprint density at radius 1 is 1.30 bits per heavy atom. The molecule has 0 saturated carbocycles. The summed E-state index contributed by atoms with van der Waals surface area (Å²) in [5.74, 6) is -0.974. The lowest BCUT2D eigenvalue weighted by Crippen LogP contribution is -1.90. The van der Waals surface area contributed by atoms with Crippen molar-refractivity contribution < 1.29 is 9.90 Å². The highest BCUT2D eigenvalue weighted by Crippen LogP contribution is 2.37. The van der Waals surface area contributed by atoms with Crippen molar-refractivity contribution >= 4 is 22.9 Å². The second-order valence-electron chi connectivity index (χ2n) is 5.00. The SMILES string of the molecule is C/C(=C\C(=O)O)c1sc(-c2ccncc2)nc1-c1cnn(C)c1. The normalized spacial score (nSPS) is 11.7. The summed E-state index contributed by atoms with van der Waals surface area (Å²) < 4.78 is 1.70. The molecule has 0 aliphatic heterocycles. The van der Waals surface area contributed by atoms with E-state index >= 15 is 0 Å². The van der Waals surface area contributed by atoms with Crippen molar-refractivity contribution in [2.24, 2.45) is 7.05 Å². The van der Waals surface area contributed by atoms with Crippen LogP contribution in [0.25, 0.3) is 27.4 Å². The number of pyridine rings is 1. The molecule has 6 nitrogen and oxygen atoms in total. The van der Waals surface area contributed by atoms with Gasteiger partial charge < -0.3 is 5.11 Å². The highest BCUT2D eigenvalue weighted by molar-refractivity contribution is 7.16. The highest BCUT2D eigenvalue weighted by Gasteiger charge is 2.17. The molecule has 0 aliphatic carbocycles. The lowest BCUT2D eigenvalue weighted by Gasteiger charge is -1.99. The third-order valence-corrected chi connectivity index (χ3v) is 4.47. The van der Waals surface area contributed by atoms with Crippen LogP contribution >= 0.6 is 11.3 Å². The number of carboxylic acids is 1. The fourth-order valence-electron chi connectivity index (χ4n) is 2.20. The van der Waals surface area contributed by atoms with Gasteiger partial charge in [0.1, 0.15) is 5.01 Å². The number of aromatic nitrogens is 4. The Morgan fingerprint density at radius 3 is 2.65 bits per heavy atom. The van der Waals surface area contributed by atoms with E-state index in [4.69, 9.17) is 10.1 Å². The Hall–Kier alpha value is -2.80. The van der Waals surface area contributed by atoms with Crippen molar-refractivity contribution in [2.75, 3.05) is 0 Å². The summed E-state index contributed by atoms with van der Waals surface area (Å²) in [4.78, 5) is 20.5. The lowest BCUT2D eigenvalue weighted by atomic mass is 10.1. The Bertz CT molecular complexity index is 881. The van der Waals surface area contributed by atoms with Crippen molar-refractivity contribution in [3.05, 3.63) is 47.9 Å². The average Bonchev–Trinajstić information content (AvgIpc) is 3.13. The molecule has 0 amide bonds. The van der Waals surface area contributed by atoms with Crippen molar-refractivity contribution in [1.29, 1.82) is 0 Å². The van der Waals surface area contributed by atoms with Crippen molar-refractivity contribution in [2.45, 2.75) is 6.92 Å². The minimum Gasteiger partial charge on any atom is -0.478 e. The zero-order valence-corrected chi connectivity index (χ0v) is 13.4. The number of allylic oxidation sites excluding steroid dienone is 1. The maximum absolute atomic E-state index is 11.0. The van der Waals surface area contributed by atoms with Gasteiger partial charge in [-0.05, 0) is 24.6 Å². The van der Waals surface area contributed by atoms with E-state index in [9.17, 15) is 4.79 Å². The van der Waals surface area contributed by atoms with Crippen molar-refractivity contribution in [3.8, 4) is 21.8 Å². The fourth-order valence-corrected chi connectivity index (χ4v) is 3.26. The number of thiazole rings is 1. The molecule has 3 aromatic heterocycles. The number of rotatable bonds is 4. The van der Waals surface area contributed by atoms with Gasteiger partial charge in [-0.1, -0.05) is 0 Å². The maximum atomic E-state index is 11.0. The minimum absolute atomic E-state index is 0.661. The van der Waals surface area contributed by atoms with Gasteiger partial charge in [0.25, 0.3) is 0 Å². The van der Waals surface area contributed by atoms with Crippen LogP contribution < -0.4 is 0 Å². The minimum atomic E-state index is -0.974. The molecule has 3 heterocycles. The fraction of sp³-hybridized carbons (Fsp3) is 0.125. The molecule has 1 N–H and O–H groups in total. The van der Waals surface area contributed by atoms with E-state index < -0.39 is 5.97 Å². The van der Waals surface area contributed by atoms with E-state index in [1.807, 2.05) is 25.4 Å². The lowest BCUT2D eigenvalue weighted by molar-refractivity contribution is -0.131. The third kappa shape index (κ3) is 3.19. The maximum Gasteiger partial charge on any atom is 0.328 e. The summed E-state index contributed by atoms with van der Waals surface area (Å²) >= 11 is 1.46. The van der Waals surface area contributed by atoms with Crippen molar-refractivity contribution in [1.82, 2.24) is 19.7 Å². The number of aliphatic carboxylic acids is 1. The molecular weight excluding hydrogens is 312 g/mol. The van der Waals surface area contributed by atoms with Crippen LogP contribution in [0.4, 0.5) is 0 Å². The molecule has 23 heavy (non-hydrogen) atoms. The van der Waals surface area contributed by atoms with E-state index in [2.05, 4.69) is 10.1 Å². The van der Waals surface area contributed by atoms with Gasteiger partial charge in [-0.15, -0.1) is 11.3 Å². The van der Waals surface area contributed by atoms with Gasteiger partial charge in [0.2, 0.25) is 0 Å². The number of hydrogen-bond donors (Lipinski definition) is 1. The zero-order valence-electron chi connectivity index (χ0n) is 12.6. The second-order valence-corrected chi connectivity index (χ2v) is 6.00. The van der Waals surface area contributed by atoms with E-state index in [0.29, 0.717) is 5.57 Å². The first kappa shape index (κ1) is 15.1. The third-order valence-electron chi connectivity index (χ3n) is 3.23. The first-order chi connectivity index (χ1) is 11.0. The van der Waals surface area contributed by atoms with Crippen LogP contribution in [0.15, 0.2) is 43.0 Å². The molecular formula is C16H14N4O2S. The Morgan fingerprint density at radius 2 is 2.04 bits per heavy atom. The largest absolute Gasteiger partial charge is 0.478 e. The molecule has 0 spiro atoms. The standard InChI is InChI=1S/C16H14N4O2S/c1-10(7-13(21)22)15-14(12-8-18-20(2)9-12)19-16(23-15)11-3-5-17-6-4-11/h3-9H,1-2H3,(H,21,22)/b10-7+. The predicted molar refractivity (Wildman–Crippen MR) is 88.8 cm³/mol. The van der Waals surface area contributed by atoms with Crippen LogP contribution in [0.3, 0.4) is 0 Å². The zero-order chi connectivity index (χ0) is 16.4. The molecule has 0 aromatic carbocycles. The topological polar surface area (TPSA) is 80.9 Å². The molecule has 0 unspecified atom stereocenters. The van der Waals surface area contributed by atoms with Gasteiger partial charge in [-0.25, -0.2) is 9.78 Å². The molecule has 0 atom stereocenters. The first-order valence-corrected chi connectivity index (χ1v) is 7.68. The summed E-state index contributed by atoms with van der Waals surface area (Å²) in [6.07, 6.45) is 8.20. The summed E-state index contributed by atoms with van der Waals surface area (Å²) in [5, 5.41) is 14.0. The van der Waals surface area contributed by atoms with E-state index in [0.717, 1.165) is 26.7 Å². The summed E-state index contributed by atoms with van der Waals surface area (Å²) in [7, 11) is 1.83. The predicted octanol–water partition coefficient (Wildman–Crippen LogP) is 3.09. The Labute approximate surface area is 136 Å². The molecule has 7 heteroatoms. The van der Waals surface area contributed by atoms with Gasteiger partial charge in [0, 0.05) is 42.8 Å². The van der Waals surface area contributed by atoms with Crippen LogP contribution in [0.5, 0.6) is 0 Å². The monoisotopic (exact) mass is 326 g/mol. The van der Waals surface area contributed by atoms with Crippen LogP contribution in [0, 0.1) is 0 Å². The average molecular weight is 326 g/mol. The van der Waals surface area contributed by atoms with Crippen LogP contribution in [0.2, 0.25) is 0 Å². The summed E-state index contributed by atoms with van der Waals surface area (Å²) in [5.41, 5.74) is 3.21. The van der Waals surface area contributed by atoms with Gasteiger partial charge in [-0.2, -0.15) is 5.10 Å². The van der Waals surface area contributed by atoms with E-state index in [-0.39, 0.29) is 0 Å². The molecule has 0 radical (unpaired) electrons. The van der Waals surface area contributed by atoms with E-state index in [1.165, 1.54) is 17.4 Å². The van der Waals surface area contributed by atoms with Crippen molar-refractivity contribution in [3.63, 3.8) is 0 Å². The quantitative estimate of drug-likeness (QED) is 0.745. The van der Waals surface area contributed by atoms with Gasteiger partial charge >= 0.3 is 5.97 Å². The number of carboxylic acid groups (broad SMARTS) is 1. The van der Waals surface area contributed by atoms with Crippen LogP contribution in [-0.4, -0.2) is 30.8 Å². The van der Waals surface area contributed by atoms with E-state index in [1.54, 1.807) is 30.2 Å². The molecule has 3 aromatic rings. The second kappa shape index (κ2) is 6.13. The molecule has 0 fully saturated rings. The Kier molecular flexibility index (Phi) is 4.03. The van der Waals surface area contributed by atoms with Crippen LogP contribution in [0.1, 0.15) is 11.8 Å². The number of hydrogen-bond acceptors (Lipinski definition) is 5. The summed E-state index contributed by atoms with van der Waals surface area (Å²) in [6, 6.07) is 3.76. The molecule has 0 saturated heterocycles. The molecule has 0 bridgehead atoms. The number of nitrogens with zero attached hydrogens (tertiary/aromatic N) is 4. The van der Waals surface area contributed by atoms with Crippen LogP contribution in [-0.2, 0) is 11.8 Å².